The smallest absolute Gasteiger partial charge is 0.325 e. The zero-order valence-electron chi connectivity index (χ0n) is 17.4. The van der Waals surface area contributed by atoms with E-state index in [9.17, 15) is 32.8 Å². The Labute approximate surface area is 169 Å². The van der Waals surface area contributed by atoms with Crippen LogP contribution < -0.4 is 0 Å². The van der Waals surface area contributed by atoms with Gasteiger partial charge in [-0.15, -0.1) is 0 Å². The summed E-state index contributed by atoms with van der Waals surface area (Å²) < 4.78 is 33.1. The summed E-state index contributed by atoms with van der Waals surface area (Å²) in [5, 5.41) is 16.9. The molecule has 0 heterocycles. The van der Waals surface area contributed by atoms with Gasteiger partial charge in [-0.2, -0.15) is 8.42 Å². The number of carboxylic acid groups (broad SMARTS) is 2. The Balaban J connectivity index is 5.31. The summed E-state index contributed by atoms with van der Waals surface area (Å²) in [6.45, 7) is 4.17. The van der Waals surface area contributed by atoms with Crippen molar-refractivity contribution in [1.82, 2.24) is 0 Å². The highest BCUT2D eigenvalue weighted by Crippen LogP contribution is 2.39. The zero-order valence-corrected chi connectivity index (χ0v) is 18.2. The van der Waals surface area contributed by atoms with E-state index in [0.717, 1.165) is 51.4 Å². The number of rotatable bonds is 18. The second kappa shape index (κ2) is 13.9. The van der Waals surface area contributed by atoms with E-state index in [1.807, 2.05) is 0 Å². The maximum atomic E-state index is 12.1. The summed E-state index contributed by atoms with van der Waals surface area (Å²) in [4.78, 5) is 23.8. The first-order valence-electron chi connectivity index (χ1n) is 10.6. The van der Waals surface area contributed by atoms with Crippen LogP contribution in [-0.2, 0) is 19.7 Å². The molecule has 0 radical (unpaired) electrons. The molecule has 0 fully saturated rings. The molecule has 0 aromatic heterocycles. The van der Waals surface area contributed by atoms with E-state index in [0.29, 0.717) is 25.7 Å². The molecule has 0 amide bonds. The fraction of sp³-hybridized carbons (Fsp3) is 0.900. The van der Waals surface area contributed by atoms with Gasteiger partial charge >= 0.3 is 11.9 Å². The lowest BCUT2D eigenvalue weighted by atomic mass is 9.74. The van der Waals surface area contributed by atoms with E-state index < -0.39 is 32.7 Å². The van der Waals surface area contributed by atoms with E-state index in [1.165, 1.54) is 0 Å². The Morgan fingerprint density at radius 1 is 0.750 bits per heavy atom. The van der Waals surface area contributed by atoms with Crippen molar-refractivity contribution in [2.24, 2.45) is 5.41 Å². The van der Waals surface area contributed by atoms with Gasteiger partial charge < -0.3 is 10.2 Å². The Morgan fingerprint density at radius 2 is 1.11 bits per heavy atom. The average molecular weight is 423 g/mol. The number of carboxylic acids is 2. The Hall–Kier alpha value is -1.15. The number of hydrogen-bond donors (Lipinski definition) is 3. The van der Waals surface area contributed by atoms with Crippen molar-refractivity contribution in [3.63, 3.8) is 0 Å². The summed E-state index contributed by atoms with van der Waals surface area (Å²) in [5.41, 5.74) is -2.01. The monoisotopic (exact) mass is 422 g/mol. The van der Waals surface area contributed by atoms with Crippen molar-refractivity contribution < 1.29 is 32.8 Å². The Kier molecular flexibility index (Phi) is 13.4. The second-order valence-electron chi connectivity index (χ2n) is 7.73. The molecule has 1 atom stereocenters. The average Bonchev–Trinajstić information content (AvgIpc) is 2.58. The van der Waals surface area contributed by atoms with Gasteiger partial charge in [-0.3, -0.25) is 14.1 Å². The van der Waals surface area contributed by atoms with Crippen LogP contribution in [0.15, 0.2) is 0 Å². The van der Waals surface area contributed by atoms with Crippen LogP contribution in [0.3, 0.4) is 0 Å². The third-order valence-corrected chi connectivity index (χ3v) is 6.65. The highest BCUT2D eigenvalue weighted by atomic mass is 32.2. The predicted molar refractivity (Wildman–Crippen MR) is 109 cm³/mol. The lowest BCUT2D eigenvalue weighted by Crippen LogP contribution is -2.51. The van der Waals surface area contributed by atoms with Gasteiger partial charge in [0, 0.05) is 0 Å². The third-order valence-electron chi connectivity index (χ3n) is 5.40. The molecule has 28 heavy (non-hydrogen) atoms. The van der Waals surface area contributed by atoms with Gasteiger partial charge in [-0.05, 0) is 12.8 Å². The van der Waals surface area contributed by atoms with Gasteiger partial charge in [-0.25, -0.2) is 0 Å². The van der Waals surface area contributed by atoms with Crippen LogP contribution >= 0.6 is 0 Å². The zero-order chi connectivity index (χ0) is 21.6. The molecule has 0 rings (SSSR count). The predicted octanol–water partition coefficient (Wildman–Crippen LogP) is 4.90. The summed E-state index contributed by atoms with van der Waals surface area (Å²) in [6.07, 6.45) is 10.2. The van der Waals surface area contributed by atoms with E-state index in [2.05, 4.69) is 13.8 Å². The highest BCUT2D eigenvalue weighted by Gasteiger charge is 2.55. The first-order valence-corrected chi connectivity index (χ1v) is 12.1. The van der Waals surface area contributed by atoms with Crippen molar-refractivity contribution in [3.8, 4) is 0 Å². The molecule has 0 saturated heterocycles. The molecule has 0 aromatic rings. The largest absolute Gasteiger partial charge is 0.481 e. The molecule has 0 saturated carbocycles. The molecule has 7 nitrogen and oxygen atoms in total. The molecule has 3 N–H and O–H groups in total. The molecule has 0 bridgehead atoms. The fourth-order valence-corrected chi connectivity index (χ4v) is 4.97. The molecule has 0 aromatic carbocycles. The summed E-state index contributed by atoms with van der Waals surface area (Å²) in [5.74, 6) is -3.26. The van der Waals surface area contributed by atoms with Gasteiger partial charge in [0.05, 0.1) is 5.41 Å². The van der Waals surface area contributed by atoms with E-state index in [1.54, 1.807) is 0 Å². The highest BCUT2D eigenvalue weighted by molar-refractivity contribution is 7.87. The maximum Gasteiger partial charge on any atom is 0.325 e. The standard InChI is InChI=1S/C20H38O7S/c1-3-5-7-9-11-13-15-20(19(23)24,16-14-12-10-8-6-4-2)17(18(21)22)28(25,26)27/h17H,3-16H2,1-2H3,(H,21,22)(H,23,24)(H,25,26,27). The minimum atomic E-state index is -5.05. The number of unbranched alkanes of at least 4 members (excludes halogenated alkanes) is 10. The Morgan fingerprint density at radius 3 is 1.39 bits per heavy atom. The van der Waals surface area contributed by atoms with Crippen molar-refractivity contribution in [2.45, 2.75) is 109 Å². The van der Waals surface area contributed by atoms with Gasteiger partial charge in [0.2, 0.25) is 0 Å². The van der Waals surface area contributed by atoms with Crippen LogP contribution in [0.1, 0.15) is 104 Å². The van der Waals surface area contributed by atoms with Crippen molar-refractivity contribution in [1.29, 1.82) is 0 Å². The number of hydrogen-bond acceptors (Lipinski definition) is 4. The minimum Gasteiger partial charge on any atom is -0.481 e. The molecule has 0 aliphatic rings. The van der Waals surface area contributed by atoms with Crippen molar-refractivity contribution in [2.75, 3.05) is 0 Å². The van der Waals surface area contributed by atoms with Crippen LogP contribution in [0.2, 0.25) is 0 Å². The van der Waals surface area contributed by atoms with Gasteiger partial charge in [0.15, 0.2) is 5.25 Å². The van der Waals surface area contributed by atoms with E-state index in [4.69, 9.17) is 0 Å². The molecule has 0 aliphatic heterocycles. The molecular weight excluding hydrogens is 384 g/mol. The van der Waals surface area contributed by atoms with Crippen LogP contribution in [0.5, 0.6) is 0 Å². The summed E-state index contributed by atoms with van der Waals surface area (Å²) in [6, 6.07) is 0. The normalized spacial score (nSPS) is 13.4. The molecule has 1 unspecified atom stereocenters. The second-order valence-corrected chi connectivity index (χ2v) is 9.23. The Bertz CT molecular complexity index is 541. The molecule has 166 valence electrons. The number of carbonyl (C=O) groups is 2. The topological polar surface area (TPSA) is 129 Å². The number of aliphatic carboxylic acids is 2. The summed E-state index contributed by atoms with van der Waals surface area (Å²) in [7, 11) is -5.05. The van der Waals surface area contributed by atoms with Crippen LogP contribution in [0.4, 0.5) is 0 Å². The van der Waals surface area contributed by atoms with Crippen LogP contribution in [-0.4, -0.2) is 40.4 Å². The summed E-state index contributed by atoms with van der Waals surface area (Å²) >= 11 is 0. The lowest BCUT2D eigenvalue weighted by molar-refractivity contribution is -0.156. The van der Waals surface area contributed by atoms with Crippen LogP contribution in [0, 0.1) is 5.41 Å². The minimum absolute atomic E-state index is 0.0693. The fourth-order valence-electron chi connectivity index (χ4n) is 3.80. The third kappa shape index (κ3) is 9.37. The molecule has 8 heteroatoms. The lowest BCUT2D eigenvalue weighted by Gasteiger charge is -2.33. The van der Waals surface area contributed by atoms with Crippen molar-refractivity contribution >= 4 is 22.1 Å². The van der Waals surface area contributed by atoms with Crippen molar-refractivity contribution in [3.05, 3.63) is 0 Å². The van der Waals surface area contributed by atoms with Gasteiger partial charge in [0.25, 0.3) is 10.1 Å². The van der Waals surface area contributed by atoms with E-state index >= 15 is 0 Å². The quantitative estimate of drug-likeness (QED) is 0.212. The first kappa shape index (κ1) is 26.9. The first-order chi connectivity index (χ1) is 13.1. The molecule has 0 spiro atoms. The van der Waals surface area contributed by atoms with Crippen LogP contribution in [0.25, 0.3) is 0 Å². The molecular formula is C20H38O7S. The van der Waals surface area contributed by atoms with Gasteiger partial charge in [0.1, 0.15) is 0 Å². The van der Waals surface area contributed by atoms with E-state index in [-0.39, 0.29) is 12.8 Å². The molecule has 0 aliphatic carbocycles. The van der Waals surface area contributed by atoms with Gasteiger partial charge in [-0.1, -0.05) is 90.9 Å². The maximum absolute atomic E-state index is 12.1. The SMILES string of the molecule is CCCCCCCCC(CCCCCCCC)(C(=O)O)C(C(=O)O)S(=O)(=O)O.